The number of carbonyl (C=O) groups excluding carboxylic acids is 2. The lowest BCUT2D eigenvalue weighted by molar-refractivity contribution is 0.0635. The number of rotatable bonds is 3. The van der Waals surface area contributed by atoms with Crippen LogP contribution in [-0.2, 0) is 0 Å². The second-order valence-electron chi connectivity index (χ2n) is 6.12. The van der Waals surface area contributed by atoms with Gasteiger partial charge in [-0.05, 0) is 38.3 Å². The third-order valence-electron chi connectivity index (χ3n) is 4.49. The molecule has 0 aliphatic carbocycles. The summed E-state index contributed by atoms with van der Waals surface area (Å²) in [5.41, 5.74) is 1.93. The molecule has 1 aliphatic rings. The van der Waals surface area contributed by atoms with Crippen molar-refractivity contribution in [1.82, 2.24) is 4.90 Å². The molecule has 1 atom stereocenters. The number of piperidine rings is 1. The van der Waals surface area contributed by atoms with Gasteiger partial charge in [-0.1, -0.05) is 42.5 Å². The van der Waals surface area contributed by atoms with Crippen LogP contribution in [0.1, 0.15) is 52.5 Å². The molecule has 118 valence electrons. The van der Waals surface area contributed by atoms with Crippen LogP contribution in [0.25, 0.3) is 0 Å². The van der Waals surface area contributed by atoms with Crippen molar-refractivity contribution in [2.75, 3.05) is 6.54 Å². The molecule has 2 aromatic carbocycles. The van der Waals surface area contributed by atoms with Gasteiger partial charge in [0.1, 0.15) is 0 Å². The zero-order valence-corrected chi connectivity index (χ0v) is 13.4. The summed E-state index contributed by atoms with van der Waals surface area (Å²) in [6.07, 6.45) is 3.33. The van der Waals surface area contributed by atoms with Gasteiger partial charge in [-0.25, -0.2) is 0 Å². The normalized spacial score (nSPS) is 17.8. The van der Waals surface area contributed by atoms with Crippen LogP contribution >= 0.6 is 0 Å². The molecule has 1 unspecified atom stereocenters. The van der Waals surface area contributed by atoms with Gasteiger partial charge in [0, 0.05) is 29.3 Å². The Labute approximate surface area is 136 Å². The van der Waals surface area contributed by atoms with E-state index < -0.39 is 0 Å². The van der Waals surface area contributed by atoms with Crippen molar-refractivity contribution in [1.29, 1.82) is 0 Å². The van der Waals surface area contributed by atoms with Gasteiger partial charge in [0.25, 0.3) is 5.91 Å². The van der Waals surface area contributed by atoms with Crippen LogP contribution in [0, 0.1) is 0 Å². The Hall–Kier alpha value is -2.42. The maximum atomic E-state index is 12.6. The summed E-state index contributed by atoms with van der Waals surface area (Å²) in [6, 6.07) is 16.5. The van der Waals surface area contributed by atoms with Crippen LogP contribution in [0.3, 0.4) is 0 Å². The summed E-state index contributed by atoms with van der Waals surface area (Å²) in [6.45, 7) is 2.93. The van der Waals surface area contributed by atoms with E-state index in [-0.39, 0.29) is 11.7 Å². The van der Waals surface area contributed by atoms with Crippen LogP contribution in [0.5, 0.6) is 0 Å². The lowest BCUT2D eigenvalue weighted by Gasteiger charge is -2.33. The Morgan fingerprint density at radius 3 is 2.13 bits per heavy atom. The molecule has 1 amide bonds. The molecule has 0 N–H and O–H groups in total. The molecule has 23 heavy (non-hydrogen) atoms. The second-order valence-corrected chi connectivity index (χ2v) is 6.12. The van der Waals surface area contributed by atoms with Gasteiger partial charge in [-0.3, -0.25) is 9.59 Å². The molecule has 0 saturated carbocycles. The molecule has 1 heterocycles. The van der Waals surface area contributed by atoms with Crippen LogP contribution in [0.2, 0.25) is 0 Å². The fourth-order valence-electron chi connectivity index (χ4n) is 3.09. The topological polar surface area (TPSA) is 37.4 Å². The summed E-state index contributed by atoms with van der Waals surface area (Å²) in [4.78, 5) is 26.9. The van der Waals surface area contributed by atoms with Crippen molar-refractivity contribution in [3.8, 4) is 0 Å². The molecule has 0 bridgehead atoms. The molecule has 2 aromatic rings. The minimum atomic E-state index is -0.0176. The Morgan fingerprint density at radius 2 is 1.48 bits per heavy atom. The summed E-state index contributed by atoms with van der Waals surface area (Å²) < 4.78 is 0. The third-order valence-corrected chi connectivity index (χ3v) is 4.49. The maximum absolute atomic E-state index is 12.6. The SMILES string of the molecule is CC1CCCCN1C(=O)c1ccc(C(=O)c2ccccc2)cc1. The average Bonchev–Trinajstić information content (AvgIpc) is 2.62. The van der Waals surface area contributed by atoms with Crippen LogP contribution in [0.4, 0.5) is 0 Å². The van der Waals surface area contributed by atoms with Gasteiger partial charge in [-0.15, -0.1) is 0 Å². The van der Waals surface area contributed by atoms with Crippen molar-refractivity contribution in [3.63, 3.8) is 0 Å². The Kier molecular flexibility index (Phi) is 4.56. The summed E-state index contributed by atoms with van der Waals surface area (Å²) in [5.74, 6) is 0.0480. The highest BCUT2D eigenvalue weighted by molar-refractivity contribution is 6.09. The number of carbonyl (C=O) groups is 2. The molecule has 1 fully saturated rings. The molecule has 3 rings (SSSR count). The molecule has 1 saturated heterocycles. The minimum absolute atomic E-state index is 0.0176. The van der Waals surface area contributed by atoms with E-state index in [0.717, 1.165) is 19.4 Å². The van der Waals surface area contributed by atoms with E-state index in [1.165, 1.54) is 6.42 Å². The molecular formula is C20H21NO2. The van der Waals surface area contributed by atoms with Crippen molar-refractivity contribution < 1.29 is 9.59 Å². The van der Waals surface area contributed by atoms with Crippen molar-refractivity contribution in [3.05, 3.63) is 71.3 Å². The van der Waals surface area contributed by atoms with Crippen molar-refractivity contribution >= 4 is 11.7 Å². The highest BCUT2D eigenvalue weighted by Gasteiger charge is 2.24. The van der Waals surface area contributed by atoms with Crippen LogP contribution in [-0.4, -0.2) is 29.2 Å². The number of amides is 1. The first-order valence-corrected chi connectivity index (χ1v) is 8.17. The first kappa shape index (κ1) is 15.5. The van der Waals surface area contributed by atoms with E-state index in [9.17, 15) is 9.59 Å². The first-order valence-electron chi connectivity index (χ1n) is 8.17. The summed E-state index contributed by atoms with van der Waals surface area (Å²) in [7, 11) is 0. The zero-order valence-electron chi connectivity index (χ0n) is 13.4. The Balaban J connectivity index is 1.77. The average molecular weight is 307 g/mol. The van der Waals surface area contributed by atoms with Gasteiger partial charge >= 0.3 is 0 Å². The molecule has 1 aliphatic heterocycles. The lowest BCUT2D eigenvalue weighted by atomic mass is 10.00. The molecule has 0 spiro atoms. The maximum Gasteiger partial charge on any atom is 0.254 e. The highest BCUT2D eigenvalue weighted by atomic mass is 16.2. The Morgan fingerprint density at radius 1 is 0.870 bits per heavy atom. The predicted molar refractivity (Wildman–Crippen MR) is 90.7 cm³/mol. The van der Waals surface area contributed by atoms with E-state index >= 15 is 0 Å². The molecule has 0 aromatic heterocycles. The number of likely N-dealkylation sites (tertiary alicyclic amines) is 1. The molecular weight excluding hydrogens is 286 g/mol. The van der Waals surface area contributed by atoms with Gasteiger partial charge < -0.3 is 4.90 Å². The van der Waals surface area contributed by atoms with Crippen LogP contribution in [0.15, 0.2) is 54.6 Å². The summed E-state index contributed by atoms with van der Waals surface area (Å²) in [5, 5.41) is 0. The van der Waals surface area contributed by atoms with Crippen molar-refractivity contribution in [2.24, 2.45) is 0 Å². The highest BCUT2D eigenvalue weighted by Crippen LogP contribution is 2.20. The third kappa shape index (κ3) is 3.34. The standard InChI is InChI=1S/C20H21NO2/c1-15-7-5-6-14-21(15)20(23)18-12-10-17(11-13-18)19(22)16-8-3-2-4-9-16/h2-4,8-13,15H,5-7,14H2,1H3. The van der Waals surface area contributed by atoms with Gasteiger partial charge in [0.15, 0.2) is 5.78 Å². The van der Waals surface area contributed by atoms with Gasteiger partial charge in [0.2, 0.25) is 0 Å². The van der Waals surface area contributed by atoms with Crippen LogP contribution < -0.4 is 0 Å². The minimum Gasteiger partial charge on any atom is -0.336 e. The fraction of sp³-hybridized carbons (Fsp3) is 0.300. The molecule has 3 heteroatoms. The lowest BCUT2D eigenvalue weighted by Crippen LogP contribution is -2.42. The number of ketones is 1. The molecule has 3 nitrogen and oxygen atoms in total. The van der Waals surface area contributed by atoms with E-state index in [0.29, 0.717) is 22.7 Å². The van der Waals surface area contributed by atoms with Gasteiger partial charge in [0.05, 0.1) is 0 Å². The number of benzene rings is 2. The van der Waals surface area contributed by atoms with E-state index in [1.807, 2.05) is 23.1 Å². The van der Waals surface area contributed by atoms with E-state index in [2.05, 4.69) is 6.92 Å². The van der Waals surface area contributed by atoms with E-state index in [4.69, 9.17) is 0 Å². The number of nitrogens with zero attached hydrogens (tertiary/aromatic N) is 1. The molecule has 0 radical (unpaired) electrons. The Bertz CT molecular complexity index is 691. The summed E-state index contributed by atoms with van der Waals surface area (Å²) >= 11 is 0. The zero-order chi connectivity index (χ0) is 16.2. The largest absolute Gasteiger partial charge is 0.336 e. The first-order chi connectivity index (χ1) is 11.2. The monoisotopic (exact) mass is 307 g/mol. The quantitative estimate of drug-likeness (QED) is 0.806. The second kappa shape index (κ2) is 6.78. The van der Waals surface area contributed by atoms with Crippen molar-refractivity contribution in [2.45, 2.75) is 32.2 Å². The number of hydrogen-bond donors (Lipinski definition) is 0. The smallest absolute Gasteiger partial charge is 0.254 e. The predicted octanol–water partition coefficient (Wildman–Crippen LogP) is 3.93. The van der Waals surface area contributed by atoms with Gasteiger partial charge in [-0.2, -0.15) is 0 Å². The fourth-order valence-corrected chi connectivity index (χ4v) is 3.09. The van der Waals surface area contributed by atoms with E-state index in [1.54, 1.807) is 36.4 Å². The number of hydrogen-bond acceptors (Lipinski definition) is 2.